The largest absolute Gasteiger partial charge is 0.480 e. The van der Waals surface area contributed by atoms with Crippen LogP contribution in [0.5, 0.6) is 5.88 Å². The standard InChI is InChI=1S/C18H16F3N3O/c1-25-16-10-9-13(23-24-16)11-22-17(18(19,20)21)15-8-4-6-12-5-2-3-7-14(12)15/h2-10,17,22H,11H2,1H3/t17-/m0/s1. The fourth-order valence-electron chi connectivity index (χ4n) is 2.66. The maximum absolute atomic E-state index is 13.6. The molecule has 130 valence electrons. The lowest BCUT2D eigenvalue weighted by Gasteiger charge is -2.23. The number of methoxy groups -OCH3 is 1. The van der Waals surface area contributed by atoms with E-state index in [1.54, 1.807) is 48.5 Å². The van der Waals surface area contributed by atoms with Gasteiger partial charge in [-0.3, -0.25) is 5.32 Å². The van der Waals surface area contributed by atoms with E-state index in [2.05, 4.69) is 15.5 Å². The van der Waals surface area contributed by atoms with E-state index in [1.165, 1.54) is 13.2 Å². The Kier molecular flexibility index (Phi) is 4.85. The van der Waals surface area contributed by atoms with Gasteiger partial charge in [0.15, 0.2) is 0 Å². The second-order valence-corrected chi connectivity index (χ2v) is 5.49. The highest BCUT2D eigenvalue weighted by Gasteiger charge is 2.41. The van der Waals surface area contributed by atoms with Crippen molar-refractivity contribution in [3.8, 4) is 5.88 Å². The quantitative estimate of drug-likeness (QED) is 0.757. The Balaban J connectivity index is 1.89. The Morgan fingerprint density at radius 3 is 2.44 bits per heavy atom. The summed E-state index contributed by atoms with van der Waals surface area (Å²) in [4.78, 5) is 0. The van der Waals surface area contributed by atoms with Crippen molar-refractivity contribution in [1.82, 2.24) is 15.5 Å². The van der Waals surface area contributed by atoms with Crippen LogP contribution < -0.4 is 10.1 Å². The smallest absolute Gasteiger partial charge is 0.407 e. The Morgan fingerprint density at radius 1 is 1.00 bits per heavy atom. The van der Waals surface area contributed by atoms with Crippen molar-refractivity contribution >= 4 is 10.8 Å². The van der Waals surface area contributed by atoms with Crippen molar-refractivity contribution in [2.75, 3.05) is 7.11 Å². The minimum Gasteiger partial charge on any atom is -0.480 e. The van der Waals surface area contributed by atoms with Crippen LogP contribution in [0.15, 0.2) is 54.6 Å². The summed E-state index contributed by atoms with van der Waals surface area (Å²) in [6.07, 6.45) is -4.44. The topological polar surface area (TPSA) is 47.0 Å². The minimum atomic E-state index is -4.44. The molecule has 3 aromatic rings. The number of fused-ring (bicyclic) bond motifs is 1. The van der Waals surface area contributed by atoms with Crippen LogP contribution in [0.25, 0.3) is 10.8 Å². The van der Waals surface area contributed by atoms with E-state index in [4.69, 9.17) is 4.74 Å². The van der Waals surface area contributed by atoms with Gasteiger partial charge in [-0.1, -0.05) is 42.5 Å². The minimum absolute atomic E-state index is 0.0651. The van der Waals surface area contributed by atoms with Crippen LogP contribution in [0.4, 0.5) is 13.2 Å². The SMILES string of the molecule is COc1ccc(CN[C@@H](c2cccc3ccccc23)C(F)(F)F)nn1. The third kappa shape index (κ3) is 3.88. The number of halogens is 3. The average Bonchev–Trinajstić information content (AvgIpc) is 2.61. The van der Waals surface area contributed by atoms with E-state index in [1.807, 2.05) is 0 Å². The molecule has 1 heterocycles. The third-order valence-corrected chi connectivity index (χ3v) is 3.85. The molecule has 0 saturated carbocycles. The summed E-state index contributed by atoms with van der Waals surface area (Å²) in [5, 5.41) is 11.5. The van der Waals surface area contributed by atoms with E-state index in [0.717, 1.165) is 5.39 Å². The van der Waals surface area contributed by atoms with Crippen LogP contribution in [0, 0.1) is 0 Å². The Hall–Kier alpha value is -2.67. The predicted molar refractivity (Wildman–Crippen MR) is 88.2 cm³/mol. The molecular formula is C18H16F3N3O. The number of nitrogens with zero attached hydrogens (tertiary/aromatic N) is 2. The average molecular weight is 347 g/mol. The van der Waals surface area contributed by atoms with Crippen molar-refractivity contribution in [2.24, 2.45) is 0 Å². The maximum atomic E-state index is 13.6. The zero-order chi connectivity index (χ0) is 17.9. The van der Waals surface area contributed by atoms with Crippen molar-refractivity contribution in [3.63, 3.8) is 0 Å². The highest BCUT2D eigenvalue weighted by molar-refractivity contribution is 5.86. The van der Waals surface area contributed by atoms with Gasteiger partial charge < -0.3 is 4.74 Å². The van der Waals surface area contributed by atoms with Crippen molar-refractivity contribution in [2.45, 2.75) is 18.8 Å². The molecule has 0 fully saturated rings. The second kappa shape index (κ2) is 7.06. The van der Waals surface area contributed by atoms with Gasteiger partial charge in [-0.2, -0.15) is 18.3 Å². The predicted octanol–water partition coefficient (Wildman–Crippen LogP) is 4.03. The summed E-state index contributed by atoms with van der Waals surface area (Å²) in [5.74, 6) is 0.310. The lowest BCUT2D eigenvalue weighted by molar-refractivity contribution is -0.157. The number of rotatable bonds is 5. The van der Waals surface area contributed by atoms with E-state index in [0.29, 0.717) is 17.0 Å². The van der Waals surface area contributed by atoms with Crippen LogP contribution in [0.2, 0.25) is 0 Å². The molecule has 1 N–H and O–H groups in total. The summed E-state index contributed by atoms with van der Waals surface area (Å²) in [6.45, 7) is -0.0651. The summed E-state index contributed by atoms with van der Waals surface area (Å²) >= 11 is 0. The molecule has 0 aliphatic carbocycles. The van der Waals surface area contributed by atoms with E-state index >= 15 is 0 Å². The maximum Gasteiger partial charge on any atom is 0.407 e. The van der Waals surface area contributed by atoms with Crippen molar-refractivity contribution in [3.05, 3.63) is 65.9 Å². The third-order valence-electron chi connectivity index (χ3n) is 3.85. The molecule has 0 radical (unpaired) electrons. The van der Waals surface area contributed by atoms with Crippen LogP contribution in [0.1, 0.15) is 17.3 Å². The van der Waals surface area contributed by atoms with Crippen molar-refractivity contribution < 1.29 is 17.9 Å². The molecule has 4 nitrogen and oxygen atoms in total. The van der Waals surface area contributed by atoms with Crippen molar-refractivity contribution in [1.29, 1.82) is 0 Å². The first kappa shape index (κ1) is 17.2. The van der Waals surface area contributed by atoms with E-state index in [9.17, 15) is 13.2 Å². The molecule has 0 saturated heterocycles. The zero-order valence-electron chi connectivity index (χ0n) is 13.4. The fraction of sp³-hybridized carbons (Fsp3) is 0.222. The normalized spacial score (nSPS) is 13.0. The number of alkyl halides is 3. The van der Waals surface area contributed by atoms with Gasteiger partial charge in [0.2, 0.25) is 5.88 Å². The highest BCUT2D eigenvalue weighted by Crippen LogP contribution is 2.36. The summed E-state index contributed by atoms with van der Waals surface area (Å²) in [5.41, 5.74) is 0.586. The van der Waals surface area contributed by atoms with Crippen LogP contribution in [0.3, 0.4) is 0 Å². The van der Waals surface area contributed by atoms with Crippen LogP contribution >= 0.6 is 0 Å². The molecule has 0 unspecified atom stereocenters. The number of nitrogens with one attached hydrogen (secondary N) is 1. The van der Waals surface area contributed by atoms with Gasteiger partial charge in [-0.25, -0.2) is 0 Å². The second-order valence-electron chi connectivity index (χ2n) is 5.49. The zero-order valence-corrected chi connectivity index (χ0v) is 13.4. The number of hydrogen-bond acceptors (Lipinski definition) is 4. The van der Waals surface area contributed by atoms with Gasteiger partial charge in [-0.15, -0.1) is 5.10 Å². The summed E-state index contributed by atoms with van der Waals surface area (Å²) < 4.78 is 45.8. The van der Waals surface area contributed by atoms with Gasteiger partial charge in [0.1, 0.15) is 6.04 Å². The first-order valence-corrected chi connectivity index (χ1v) is 7.63. The molecule has 0 aliphatic rings. The van der Waals surface area contributed by atoms with Gasteiger partial charge in [0.05, 0.1) is 12.8 Å². The van der Waals surface area contributed by atoms with Gasteiger partial charge in [-0.05, 0) is 22.4 Å². The first-order chi connectivity index (χ1) is 12.0. The van der Waals surface area contributed by atoms with Crippen LogP contribution in [-0.2, 0) is 6.54 Å². The fourth-order valence-corrected chi connectivity index (χ4v) is 2.66. The molecule has 2 aromatic carbocycles. The molecule has 3 rings (SSSR count). The molecule has 0 aliphatic heterocycles. The lowest BCUT2D eigenvalue weighted by atomic mass is 9.98. The molecule has 7 heteroatoms. The molecule has 0 spiro atoms. The van der Waals surface area contributed by atoms with E-state index in [-0.39, 0.29) is 12.1 Å². The Morgan fingerprint density at radius 2 is 1.76 bits per heavy atom. The number of aromatic nitrogens is 2. The molecule has 1 aromatic heterocycles. The lowest BCUT2D eigenvalue weighted by Crippen LogP contribution is -2.34. The number of ether oxygens (including phenoxy) is 1. The monoisotopic (exact) mass is 347 g/mol. The number of hydrogen-bond donors (Lipinski definition) is 1. The van der Waals surface area contributed by atoms with Gasteiger partial charge in [0, 0.05) is 12.6 Å². The van der Waals surface area contributed by atoms with Crippen LogP contribution in [-0.4, -0.2) is 23.5 Å². The van der Waals surface area contributed by atoms with E-state index < -0.39 is 12.2 Å². The first-order valence-electron chi connectivity index (χ1n) is 7.63. The molecule has 1 atom stereocenters. The Labute approximate surface area is 142 Å². The van der Waals surface area contributed by atoms with Gasteiger partial charge in [0.25, 0.3) is 0 Å². The highest BCUT2D eigenvalue weighted by atomic mass is 19.4. The molecular weight excluding hydrogens is 331 g/mol. The molecule has 25 heavy (non-hydrogen) atoms. The Bertz CT molecular complexity index is 845. The number of benzene rings is 2. The molecule has 0 amide bonds. The summed E-state index contributed by atoms with van der Waals surface area (Å²) in [6, 6.07) is 13.3. The van der Waals surface area contributed by atoms with Gasteiger partial charge >= 0.3 is 6.18 Å². The summed E-state index contributed by atoms with van der Waals surface area (Å²) in [7, 11) is 1.45. The molecule has 0 bridgehead atoms.